The molecule has 0 radical (unpaired) electrons. The van der Waals surface area contributed by atoms with Gasteiger partial charge in [-0.05, 0) is 25.5 Å². The van der Waals surface area contributed by atoms with Gasteiger partial charge in [0.05, 0.1) is 0 Å². The van der Waals surface area contributed by atoms with Crippen LogP contribution in [-0.2, 0) is 0 Å². The van der Waals surface area contributed by atoms with Gasteiger partial charge in [0.25, 0.3) is 0 Å². The number of anilines is 1. The molecule has 1 heteroatoms. The first kappa shape index (κ1) is 8.85. The predicted molar refractivity (Wildman–Crippen MR) is 54.1 cm³/mol. The van der Waals surface area contributed by atoms with Gasteiger partial charge in [-0.15, -0.1) is 0 Å². The number of para-hydroxylation sites is 1. The maximum Gasteiger partial charge on any atom is 0.0381 e. The van der Waals surface area contributed by atoms with Gasteiger partial charge in [0.15, 0.2) is 0 Å². The Morgan fingerprint density at radius 3 is 2.50 bits per heavy atom. The van der Waals surface area contributed by atoms with E-state index < -0.39 is 0 Å². The van der Waals surface area contributed by atoms with E-state index in [-0.39, 0.29) is 0 Å². The largest absolute Gasteiger partial charge is 0.359 e. The highest BCUT2D eigenvalue weighted by atomic mass is 14.9. The Morgan fingerprint density at radius 2 is 2.00 bits per heavy atom. The van der Waals surface area contributed by atoms with Crippen molar-refractivity contribution in [3.05, 3.63) is 42.1 Å². The minimum absolute atomic E-state index is 1.05. The summed E-state index contributed by atoms with van der Waals surface area (Å²) in [6, 6.07) is 10.2. The molecule has 1 aromatic carbocycles. The molecule has 0 spiro atoms. The van der Waals surface area contributed by atoms with E-state index in [0.717, 1.165) is 12.1 Å². The quantitative estimate of drug-likeness (QED) is 0.716. The summed E-state index contributed by atoms with van der Waals surface area (Å²) in [7, 11) is 0. The summed E-state index contributed by atoms with van der Waals surface area (Å²) in [6.07, 6.45) is 3.15. The van der Waals surface area contributed by atoms with Crippen molar-refractivity contribution < 1.29 is 0 Å². The summed E-state index contributed by atoms with van der Waals surface area (Å²) in [5.41, 5.74) is 2.42. The molecule has 64 valence electrons. The standard InChI is InChI=1S/C11H15N/c1-3-10(4-2)12-11-8-6-5-7-9-11/h3,5-9,12H,4H2,1-2H3. The Bertz CT molecular complexity index is 249. The molecule has 0 aliphatic carbocycles. The first-order valence-corrected chi connectivity index (χ1v) is 4.34. The number of allylic oxidation sites excluding steroid dienone is 2. The van der Waals surface area contributed by atoms with E-state index in [1.807, 2.05) is 18.2 Å². The number of hydrogen-bond donors (Lipinski definition) is 1. The van der Waals surface area contributed by atoms with E-state index in [4.69, 9.17) is 0 Å². The van der Waals surface area contributed by atoms with Crippen LogP contribution in [0.25, 0.3) is 0 Å². The Kier molecular flexibility index (Phi) is 3.39. The van der Waals surface area contributed by atoms with Gasteiger partial charge in [0, 0.05) is 11.4 Å². The third-order valence-corrected chi connectivity index (χ3v) is 1.81. The molecular formula is C11H15N. The van der Waals surface area contributed by atoms with Crippen LogP contribution in [0.3, 0.4) is 0 Å². The molecule has 0 aliphatic rings. The SMILES string of the molecule is CC=C(CC)Nc1ccccc1. The fourth-order valence-corrected chi connectivity index (χ4v) is 1.07. The van der Waals surface area contributed by atoms with E-state index >= 15 is 0 Å². The summed E-state index contributed by atoms with van der Waals surface area (Å²) in [5, 5.41) is 3.34. The minimum Gasteiger partial charge on any atom is -0.359 e. The zero-order chi connectivity index (χ0) is 8.81. The highest BCUT2D eigenvalue weighted by molar-refractivity contribution is 5.47. The third-order valence-electron chi connectivity index (χ3n) is 1.81. The van der Waals surface area contributed by atoms with Gasteiger partial charge in [0.1, 0.15) is 0 Å². The molecule has 0 unspecified atom stereocenters. The number of rotatable bonds is 3. The smallest absolute Gasteiger partial charge is 0.0381 e. The van der Waals surface area contributed by atoms with Crippen molar-refractivity contribution >= 4 is 5.69 Å². The maximum atomic E-state index is 3.34. The molecule has 0 aromatic heterocycles. The molecule has 12 heavy (non-hydrogen) atoms. The molecule has 1 N–H and O–H groups in total. The van der Waals surface area contributed by atoms with Crippen LogP contribution >= 0.6 is 0 Å². The lowest BCUT2D eigenvalue weighted by Crippen LogP contribution is -1.96. The fraction of sp³-hybridized carbons (Fsp3) is 0.273. The van der Waals surface area contributed by atoms with E-state index in [0.29, 0.717) is 0 Å². The van der Waals surface area contributed by atoms with Gasteiger partial charge >= 0.3 is 0 Å². The molecule has 1 rings (SSSR count). The molecule has 0 heterocycles. The summed E-state index contributed by atoms with van der Waals surface area (Å²) in [6.45, 7) is 4.19. The average Bonchev–Trinajstić information content (AvgIpc) is 2.16. The first-order valence-electron chi connectivity index (χ1n) is 4.34. The van der Waals surface area contributed by atoms with E-state index in [9.17, 15) is 0 Å². The highest BCUT2D eigenvalue weighted by Gasteiger charge is 1.91. The molecule has 0 aliphatic heterocycles. The van der Waals surface area contributed by atoms with Crippen LogP contribution < -0.4 is 5.32 Å². The van der Waals surface area contributed by atoms with Crippen molar-refractivity contribution in [2.24, 2.45) is 0 Å². The number of nitrogens with one attached hydrogen (secondary N) is 1. The van der Waals surface area contributed by atoms with Gasteiger partial charge in [-0.3, -0.25) is 0 Å². The van der Waals surface area contributed by atoms with Crippen LogP contribution in [0, 0.1) is 0 Å². The van der Waals surface area contributed by atoms with Crippen LogP contribution in [0.15, 0.2) is 42.1 Å². The van der Waals surface area contributed by atoms with Crippen molar-refractivity contribution in [2.75, 3.05) is 5.32 Å². The number of hydrogen-bond acceptors (Lipinski definition) is 1. The Labute approximate surface area is 74.1 Å². The average molecular weight is 161 g/mol. The zero-order valence-electron chi connectivity index (χ0n) is 7.67. The second-order valence-corrected chi connectivity index (χ2v) is 2.66. The van der Waals surface area contributed by atoms with Gasteiger partial charge in [-0.2, -0.15) is 0 Å². The lowest BCUT2D eigenvalue weighted by atomic mass is 10.2. The van der Waals surface area contributed by atoms with Gasteiger partial charge in [-0.25, -0.2) is 0 Å². The molecule has 0 atom stereocenters. The Balaban J connectivity index is 2.64. The molecule has 1 aromatic rings. The molecular weight excluding hydrogens is 146 g/mol. The molecule has 0 amide bonds. The highest BCUT2D eigenvalue weighted by Crippen LogP contribution is 2.10. The first-order chi connectivity index (χ1) is 5.86. The fourth-order valence-electron chi connectivity index (χ4n) is 1.07. The molecule has 0 saturated carbocycles. The lowest BCUT2D eigenvalue weighted by Gasteiger charge is -2.07. The predicted octanol–water partition coefficient (Wildman–Crippen LogP) is 3.41. The van der Waals surface area contributed by atoms with Crippen molar-refractivity contribution in [2.45, 2.75) is 20.3 Å². The summed E-state index contributed by atoms with van der Waals surface area (Å²) in [5.74, 6) is 0. The summed E-state index contributed by atoms with van der Waals surface area (Å²) in [4.78, 5) is 0. The monoisotopic (exact) mass is 161 g/mol. The van der Waals surface area contributed by atoms with E-state index in [1.165, 1.54) is 5.70 Å². The molecule has 0 saturated heterocycles. The molecule has 0 fully saturated rings. The second kappa shape index (κ2) is 4.60. The Morgan fingerprint density at radius 1 is 1.33 bits per heavy atom. The van der Waals surface area contributed by atoms with Crippen molar-refractivity contribution in [3.63, 3.8) is 0 Å². The van der Waals surface area contributed by atoms with E-state index in [1.54, 1.807) is 0 Å². The normalized spacial score (nSPS) is 11.3. The van der Waals surface area contributed by atoms with Gasteiger partial charge in [-0.1, -0.05) is 31.2 Å². The zero-order valence-corrected chi connectivity index (χ0v) is 7.67. The topological polar surface area (TPSA) is 12.0 Å². The van der Waals surface area contributed by atoms with Gasteiger partial charge < -0.3 is 5.32 Å². The van der Waals surface area contributed by atoms with Crippen LogP contribution in [0.1, 0.15) is 20.3 Å². The van der Waals surface area contributed by atoms with Crippen molar-refractivity contribution in [1.82, 2.24) is 0 Å². The number of benzene rings is 1. The van der Waals surface area contributed by atoms with Crippen LogP contribution in [-0.4, -0.2) is 0 Å². The molecule has 1 nitrogen and oxygen atoms in total. The molecule has 0 bridgehead atoms. The van der Waals surface area contributed by atoms with Gasteiger partial charge in [0.2, 0.25) is 0 Å². The van der Waals surface area contributed by atoms with E-state index in [2.05, 4.69) is 37.4 Å². The van der Waals surface area contributed by atoms with Crippen LogP contribution in [0.4, 0.5) is 5.69 Å². The second-order valence-electron chi connectivity index (χ2n) is 2.66. The van der Waals surface area contributed by atoms with Crippen LogP contribution in [0.2, 0.25) is 0 Å². The third kappa shape index (κ3) is 2.42. The van der Waals surface area contributed by atoms with Crippen LogP contribution in [0.5, 0.6) is 0 Å². The Hall–Kier alpha value is -1.24. The summed E-state index contributed by atoms with van der Waals surface area (Å²) < 4.78 is 0. The lowest BCUT2D eigenvalue weighted by molar-refractivity contribution is 1.10. The van der Waals surface area contributed by atoms with Crippen molar-refractivity contribution in [1.29, 1.82) is 0 Å². The minimum atomic E-state index is 1.05. The maximum absolute atomic E-state index is 3.34. The van der Waals surface area contributed by atoms with Crippen molar-refractivity contribution in [3.8, 4) is 0 Å². The summed E-state index contributed by atoms with van der Waals surface area (Å²) >= 11 is 0.